The van der Waals surface area contributed by atoms with Crippen LogP contribution in [0, 0.1) is 5.92 Å². The van der Waals surface area contributed by atoms with Crippen molar-refractivity contribution in [2.45, 2.75) is 26.2 Å². The summed E-state index contributed by atoms with van der Waals surface area (Å²) in [6.45, 7) is 2.55. The van der Waals surface area contributed by atoms with Gasteiger partial charge in [0.2, 0.25) is 5.91 Å². The van der Waals surface area contributed by atoms with Gasteiger partial charge in [-0.05, 0) is 34.3 Å². The third-order valence-electron chi connectivity index (χ3n) is 3.18. The molecule has 0 aromatic carbocycles. The average Bonchev–Trinajstić information content (AvgIpc) is 2.73. The number of hydrogen-bond donors (Lipinski definition) is 0. The van der Waals surface area contributed by atoms with E-state index in [1.165, 1.54) is 11.1 Å². The molecule has 4 nitrogen and oxygen atoms in total. The van der Waals surface area contributed by atoms with Gasteiger partial charge in [-0.2, -0.15) is 0 Å². The van der Waals surface area contributed by atoms with E-state index in [1.54, 1.807) is 6.07 Å². The van der Waals surface area contributed by atoms with E-state index in [0.717, 1.165) is 12.8 Å². The minimum Gasteiger partial charge on any atom is -0.278 e. The Labute approximate surface area is 125 Å². The highest BCUT2D eigenvalue weighted by molar-refractivity contribution is 9.10. The Morgan fingerprint density at radius 1 is 1.63 bits per heavy atom. The summed E-state index contributed by atoms with van der Waals surface area (Å²) in [6, 6.07) is 1.60. The first-order chi connectivity index (χ1) is 9.02. The van der Waals surface area contributed by atoms with E-state index >= 15 is 0 Å². The molecule has 0 aliphatic carbocycles. The molecule has 2 heterocycles. The second kappa shape index (κ2) is 6.01. The first-order valence-corrected chi connectivity index (χ1v) is 7.35. The van der Waals surface area contributed by atoms with E-state index in [2.05, 4.69) is 27.8 Å². The molecule has 0 radical (unpaired) electrons. The standard InChI is InChI=1S/C13H14BrClN2O2/c1-2-3-8-4-11(18)17(7-8)13(19)10-5-9(14)6-16-12(10)15/h5-6,8H,2-4,7H2,1H3. The van der Waals surface area contributed by atoms with Crippen molar-refractivity contribution in [3.63, 3.8) is 0 Å². The fourth-order valence-electron chi connectivity index (χ4n) is 2.30. The van der Waals surface area contributed by atoms with Crippen LogP contribution in [0.4, 0.5) is 0 Å². The molecule has 0 N–H and O–H groups in total. The summed E-state index contributed by atoms with van der Waals surface area (Å²) in [6.07, 6.45) is 3.93. The average molecular weight is 346 g/mol. The van der Waals surface area contributed by atoms with Crippen molar-refractivity contribution in [1.29, 1.82) is 0 Å². The SMILES string of the molecule is CCCC1CC(=O)N(C(=O)c2cc(Br)cnc2Cl)C1. The molecule has 0 bridgehead atoms. The molecule has 1 saturated heterocycles. The molecule has 102 valence electrons. The Morgan fingerprint density at radius 2 is 2.37 bits per heavy atom. The van der Waals surface area contributed by atoms with Gasteiger partial charge >= 0.3 is 0 Å². The zero-order valence-electron chi connectivity index (χ0n) is 10.5. The van der Waals surface area contributed by atoms with E-state index in [-0.39, 0.29) is 28.4 Å². The molecule has 1 aliphatic rings. The van der Waals surface area contributed by atoms with Crippen LogP contribution in [-0.2, 0) is 4.79 Å². The summed E-state index contributed by atoms with van der Waals surface area (Å²) < 4.78 is 0.664. The topological polar surface area (TPSA) is 50.3 Å². The first kappa shape index (κ1) is 14.5. The van der Waals surface area contributed by atoms with Gasteiger partial charge in [0.25, 0.3) is 5.91 Å². The number of carbonyl (C=O) groups is 2. The number of pyridine rings is 1. The van der Waals surface area contributed by atoms with Crippen molar-refractivity contribution in [2.24, 2.45) is 5.92 Å². The van der Waals surface area contributed by atoms with Crippen LogP contribution in [0.3, 0.4) is 0 Å². The molecule has 2 amide bonds. The zero-order chi connectivity index (χ0) is 14.0. The van der Waals surface area contributed by atoms with Gasteiger partial charge in [0.1, 0.15) is 5.15 Å². The van der Waals surface area contributed by atoms with E-state index in [0.29, 0.717) is 17.4 Å². The fraction of sp³-hybridized carbons (Fsp3) is 0.462. The summed E-state index contributed by atoms with van der Waals surface area (Å²) in [4.78, 5) is 29.4. The lowest BCUT2D eigenvalue weighted by molar-refractivity contribution is -0.125. The van der Waals surface area contributed by atoms with Crippen LogP contribution in [0.2, 0.25) is 5.15 Å². The van der Waals surface area contributed by atoms with Crippen molar-refractivity contribution in [3.05, 3.63) is 27.5 Å². The molecular weight excluding hydrogens is 332 g/mol. The largest absolute Gasteiger partial charge is 0.278 e. The number of likely N-dealkylation sites (tertiary alicyclic amines) is 1. The Hall–Kier alpha value is -0.940. The highest BCUT2D eigenvalue weighted by Crippen LogP contribution is 2.26. The highest BCUT2D eigenvalue weighted by Gasteiger charge is 2.34. The van der Waals surface area contributed by atoms with Gasteiger partial charge in [0.15, 0.2) is 0 Å². The van der Waals surface area contributed by atoms with Gasteiger partial charge in [-0.25, -0.2) is 4.98 Å². The number of halogens is 2. The molecule has 1 fully saturated rings. The van der Waals surface area contributed by atoms with Gasteiger partial charge in [0.05, 0.1) is 5.56 Å². The second-order valence-corrected chi connectivity index (χ2v) is 5.93. The van der Waals surface area contributed by atoms with E-state index in [9.17, 15) is 9.59 Å². The molecule has 6 heteroatoms. The van der Waals surface area contributed by atoms with E-state index < -0.39 is 0 Å². The van der Waals surface area contributed by atoms with Crippen molar-refractivity contribution < 1.29 is 9.59 Å². The summed E-state index contributed by atoms with van der Waals surface area (Å²) in [5.41, 5.74) is 0.265. The summed E-state index contributed by atoms with van der Waals surface area (Å²) >= 11 is 9.17. The van der Waals surface area contributed by atoms with E-state index in [4.69, 9.17) is 11.6 Å². The molecule has 1 aromatic rings. The predicted octanol–water partition coefficient (Wildman–Crippen LogP) is 3.29. The number of hydrogen-bond acceptors (Lipinski definition) is 3. The fourth-order valence-corrected chi connectivity index (χ4v) is 2.81. The smallest absolute Gasteiger partial charge is 0.263 e. The lowest BCUT2D eigenvalue weighted by atomic mass is 10.0. The molecule has 1 unspecified atom stereocenters. The molecule has 0 spiro atoms. The molecule has 19 heavy (non-hydrogen) atoms. The number of rotatable bonds is 3. The van der Waals surface area contributed by atoms with E-state index in [1.807, 2.05) is 0 Å². The van der Waals surface area contributed by atoms with Crippen LogP contribution in [-0.4, -0.2) is 28.2 Å². The molecule has 1 aliphatic heterocycles. The Bertz CT molecular complexity index is 521. The summed E-state index contributed by atoms with van der Waals surface area (Å²) in [5, 5.41) is 0.125. The lowest BCUT2D eigenvalue weighted by Crippen LogP contribution is -2.32. The Balaban J connectivity index is 2.20. The number of imide groups is 1. The molecule has 0 saturated carbocycles. The van der Waals surface area contributed by atoms with Crippen molar-refractivity contribution in [1.82, 2.24) is 9.88 Å². The summed E-state index contributed by atoms with van der Waals surface area (Å²) in [5.74, 6) is -0.220. The normalized spacial score (nSPS) is 19.0. The van der Waals surface area contributed by atoms with Crippen LogP contribution >= 0.6 is 27.5 Å². The minimum atomic E-state index is -0.359. The van der Waals surface area contributed by atoms with Crippen LogP contribution in [0.25, 0.3) is 0 Å². The van der Waals surface area contributed by atoms with Gasteiger partial charge in [-0.15, -0.1) is 0 Å². The monoisotopic (exact) mass is 344 g/mol. The van der Waals surface area contributed by atoms with Crippen molar-refractivity contribution >= 4 is 39.3 Å². The van der Waals surface area contributed by atoms with Gasteiger partial charge in [0, 0.05) is 23.6 Å². The maximum atomic E-state index is 12.3. The second-order valence-electron chi connectivity index (χ2n) is 4.66. The first-order valence-electron chi connectivity index (χ1n) is 6.18. The molecule has 1 aromatic heterocycles. The number of amides is 2. The van der Waals surface area contributed by atoms with Crippen molar-refractivity contribution in [2.75, 3.05) is 6.54 Å². The van der Waals surface area contributed by atoms with Crippen LogP contribution in [0.1, 0.15) is 36.5 Å². The third kappa shape index (κ3) is 3.15. The molecular formula is C13H14BrClN2O2. The van der Waals surface area contributed by atoms with Crippen LogP contribution in [0.15, 0.2) is 16.7 Å². The number of aromatic nitrogens is 1. The lowest BCUT2D eigenvalue weighted by Gasteiger charge is -2.15. The Kier molecular flexibility index (Phi) is 4.58. The summed E-state index contributed by atoms with van der Waals surface area (Å²) in [7, 11) is 0. The van der Waals surface area contributed by atoms with Gasteiger partial charge in [-0.3, -0.25) is 14.5 Å². The van der Waals surface area contributed by atoms with Gasteiger partial charge in [-0.1, -0.05) is 24.9 Å². The maximum Gasteiger partial charge on any atom is 0.263 e. The number of nitrogens with zero attached hydrogens (tertiary/aromatic N) is 2. The third-order valence-corrected chi connectivity index (χ3v) is 3.92. The number of carbonyl (C=O) groups excluding carboxylic acids is 2. The predicted molar refractivity (Wildman–Crippen MR) is 76.0 cm³/mol. The van der Waals surface area contributed by atoms with Crippen LogP contribution < -0.4 is 0 Å². The maximum absolute atomic E-state index is 12.3. The quantitative estimate of drug-likeness (QED) is 0.624. The Morgan fingerprint density at radius 3 is 3.05 bits per heavy atom. The van der Waals surface area contributed by atoms with Gasteiger partial charge < -0.3 is 0 Å². The minimum absolute atomic E-state index is 0.125. The van der Waals surface area contributed by atoms with Crippen LogP contribution in [0.5, 0.6) is 0 Å². The highest BCUT2D eigenvalue weighted by atomic mass is 79.9. The van der Waals surface area contributed by atoms with Crippen molar-refractivity contribution in [3.8, 4) is 0 Å². The zero-order valence-corrected chi connectivity index (χ0v) is 12.9. The molecule has 2 rings (SSSR count). The molecule has 1 atom stereocenters.